The Labute approximate surface area is 109 Å². The fourth-order valence-corrected chi connectivity index (χ4v) is 2.31. The summed E-state index contributed by atoms with van der Waals surface area (Å²) >= 11 is 9.35. The van der Waals surface area contributed by atoms with Crippen LogP contribution < -0.4 is 0 Å². The van der Waals surface area contributed by atoms with Crippen molar-refractivity contribution >= 4 is 33.5 Å². The maximum Gasteiger partial charge on any atom is 0.316 e. The molecule has 0 saturated heterocycles. The smallest absolute Gasteiger partial charge is 0.316 e. The molecule has 0 spiro atoms. The van der Waals surface area contributed by atoms with Crippen LogP contribution >= 0.6 is 27.5 Å². The Hall–Kier alpha value is -0.540. The van der Waals surface area contributed by atoms with E-state index in [0.717, 1.165) is 10.0 Å². The van der Waals surface area contributed by atoms with E-state index in [1.165, 1.54) is 0 Å². The van der Waals surface area contributed by atoms with Gasteiger partial charge in [-0.05, 0) is 44.5 Å². The summed E-state index contributed by atoms with van der Waals surface area (Å²) < 4.78 is 5.91. The summed E-state index contributed by atoms with van der Waals surface area (Å²) in [5, 5.41) is 0.607. The van der Waals surface area contributed by atoms with Crippen molar-refractivity contribution in [1.82, 2.24) is 0 Å². The molecule has 2 nitrogen and oxygen atoms in total. The zero-order valence-corrected chi connectivity index (χ0v) is 11.9. The highest BCUT2D eigenvalue weighted by Crippen LogP contribution is 2.33. The van der Waals surface area contributed by atoms with Gasteiger partial charge in [-0.3, -0.25) is 4.79 Å². The third-order valence-electron chi connectivity index (χ3n) is 2.39. The highest BCUT2D eigenvalue weighted by Gasteiger charge is 2.33. The highest BCUT2D eigenvalue weighted by molar-refractivity contribution is 9.10. The monoisotopic (exact) mass is 304 g/mol. The van der Waals surface area contributed by atoms with Crippen LogP contribution in [0.15, 0.2) is 22.7 Å². The van der Waals surface area contributed by atoms with Crippen LogP contribution in [0.25, 0.3) is 0 Å². The fraction of sp³-hybridized carbons (Fsp3) is 0.417. The quantitative estimate of drug-likeness (QED) is 0.791. The Morgan fingerprint density at radius 2 is 2.12 bits per heavy atom. The molecule has 0 N–H and O–H groups in total. The van der Waals surface area contributed by atoms with Gasteiger partial charge in [-0.25, -0.2) is 0 Å². The molecule has 0 saturated carbocycles. The standard InChI is InChI=1S/C12H14BrClO2/c1-4-16-11(15)12(2,3)9-7-8(14)5-6-10(9)13/h5-7H,4H2,1-3H3. The number of halogens is 2. The van der Waals surface area contributed by atoms with E-state index >= 15 is 0 Å². The number of esters is 1. The summed E-state index contributed by atoms with van der Waals surface area (Å²) in [4.78, 5) is 11.8. The summed E-state index contributed by atoms with van der Waals surface area (Å²) in [6, 6.07) is 5.39. The summed E-state index contributed by atoms with van der Waals surface area (Å²) in [5.41, 5.74) is 0.123. The number of benzene rings is 1. The van der Waals surface area contributed by atoms with E-state index in [1.54, 1.807) is 19.1 Å². The minimum atomic E-state index is -0.709. The first kappa shape index (κ1) is 13.5. The van der Waals surface area contributed by atoms with E-state index in [4.69, 9.17) is 16.3 Å². The molecule has 0 aliphatic heterocycles. The minimum Gasteiger partial charge on any atom is -0.465 e. The molecule has 0 radical (unpaired) electrons. The van der Waals surface area contributed by atoms with Gasteiger partial charge in [-0.1, -0.05) is 27.5 Å². The molecule has 16 heavy (non-hydrogen) atoms. The van der Waals surface area contributed by atoms with Crippen molar-refractivity contribution in [3.05, 3.63) is 33.3 Å². The van der Waals surface area contributed by atoms with E-state index in [0.29, 0.717) is 11.6 Å². The van der Waals surface area contributed by atoms with Crippen molar-refractivity contribution in [3.63, 3.8) is 0 Å². The third-order valence-corrected chi connectivity index (χ3v) is 3.31. The van der Waals surface area contributed by atoms with Gasteiger partial charge in [-0.15, -0.1) is 0 Å². The Morgan fingerprint density at radius 3 is 2.69 bits per heavy atom. The van der Waals surface area contributed by atoms with Crippen LogP contribution in [0, 0.1) is 0 Å². The second-order valence-corrected chi connectivity index (χ2v) is 5.26. The molecule has 0 aliphatic carbocycles. The Morgan fingerprint density at radius 1 is 1.50 bits per heavy atom. The average Bonchev–Trinajstić information content (AvgIpc) is 2.22. The summed E-state index contributed by atoms with van der Waals surface area (Å²) in [7, 11) is 0. The van der Waals surface area contributed by atoms with E-state index in [2.05, 4.69) is 15.9 Å². The molecule has 0 heterocycles. The summed E-state index contributed by atoms with van der Waals surface area (Å²) in [6.07, 6.45) is 0. The number of carbonyl (C=O) groups is 1. The van der Waals surface area contributed by atoms with Gasteiger partial charge in [0.25, 0.3) is 0 Å². The molecule has 1 aromatic rings. The molecule has 88 valence electrons. The van der Waals surface area contributed by atoms with Crippen LogP contribution in [0.1, 0.15) is 26.3 Å². The first-order chi connectivity index (χ1) is 7.39. The van der Waals surface area contributed by atoms with Crippen LogP contribution in [0.4, 0.5) is 0 Å². The molecule has 0 aromatic heterocycles. The second-order valence-electron chi connectivity index (χ2n) is 3.97. The van der Waals surface area contributed by atoms with Gasteiger partial charge in [0.05, 0.1) is 12.0 Å². The summed E-state index contributed by atoms with van der Waals surface area (Å²) in [5.74, 6) is -0.252. The molecule has 0 bridgehead atoms. The van der Waals surface area contributed by atoms with Gasteiger partial charge < -0.3 is 4.74 Å². The van der Waals surface area contributed by atoms with E-state index in [-0.39, 0.29) is 5.97 Å². The minimum absolute atomic E-state index is 0.252. The third kappa shape index (κ3) is 2.77. The molecule has 0 fully saturated rings. The van der Waals surface area contributed by atoms with Crippen LogP contribution in [0.3, 0.4) is 0 Å². The van der Waals surface area contributed by atoms with Crippen LogP contribution in [0.2, 0.25) is 5.02 Å². The number of hydrogen-bond acceptors (Lipinski definition) is 2. The predicted molar refractivity (Wildman–Crippen MR) is 68.8 cm³/mol. The first-order valence-corrected chi connectivity index (χ1v) is 6.19. The van der Waals surface area contributed by atoms with Gasteiger partial charge in [0.1, 0.15) is 0 Å². The van der Waals surface area contributed by atoms with Gasteiger partial charge in [0.2, 0.25) is 0 Å². The number of rotatable bonds is 3. The fourth-order valence-electron chi connectivity index (χ4n) is 1.40. The van der Waals surface area contributed by atoms with Crippen LogP contribution in [-0.2, 0) is 14.9 Å². The van der Waals surface area contributed by atoms with Crippen molar-refractivity contribution in [2.75, 3.05) is 6.61 Å². The SMILES string of the molecule is CCOC(=O)C(C)(C)c1cc(Cl)ccc1Br. The lowest BCUT2D eigenvalue weighted by Gasteiger charge is -2.24. The molecular formula is C12H14BrClO2. The van der Waals surface area contributed by atoms with Gasteiger partial charge in [-0.2, -0.15) is 0 Å². The second kappa shape index (κ2) is 5.19. The molecule has 1 rings (SSSR count). The maximum absolute atomic E-state index is 11.8. The summed E-state index contributed by atoms with van der Waals surface area (Å²) in [6.45, 7) is 5.81. The molecule has 4 heteroatoms. The van der Waals surface area contributed by atoms with Crippen LogP contribution in [-0.4, -0.2) is 12.6 Å². The van der Waals surface area contributed by atoms with Gasteiger partial charge in [0, 0.05) is 9.50 Å². The zero-order chi connectivity index (χ0) is 12.3. The van der Waals surface area contributed by atoms with Crippen LogP contribution in [0.5, 0.6) is 0 Å². The number of hydrogen-bond donors (Lipinski definition) is 0. The van der Waals surface area contributed by atoms with Crippen molar-refractivity contribution in [3.8, 4) is 0 Å². The Balaban J connectivity index is 3.15. The normalized spacial score (nSPS) is 11.3. The molecule has 1 aromatic carbocycles. The molecule has 0 amide bonds. The Bertz CT molecular complexity index is 402. The topological polar surface area (TPSA) is 26.3 Å². The van der Waals surface area contributed by atoms with Gasteiger partial charge in [0.15, 0.2) is 0 Å². The maximum atomic E-state index is 11.8. The van der Waals surface area contributed by atoms with Crippen molar-refractivity contribution in [2.45, 2.75) is 26.2 Å². The predicted octanol–water partition coefficient (Wildman–Crippen LogP) is 3.94. The molecule has 0 atom stereocenters. The van der Waals surface area contributed by atoms with Crippen molar-refractivity contribution in [1.29, 1.82) is 0 Å². The lowest BCUT2D eigenvalue weighted by molar-refractivity contribution is -0.148. The largest absolute Gasteiger partial charge is 0.465 e. The van der Waals surface area contributed by atoms with E-state index in [1.807, 2.05) is 19.9 Å². The van der Waals surface area contributed by atoms with Gasteiger partial charge >= 0.3 is 5.97 Å². The van der Waals surface area contributed by atoms with Crippen molar-refractivity contribution < 1.29 is 9.53 Å². The number of ether oxygens (including phenoxy) is 1. The molecule has 0 unspecified atom stereocenters. The first-order valence-electron chi connectivity index (χ1n) is 5.02. The molecule has 0 aliphatic rings. The van der Waals surface area contributed by atoms with Crippen molar-refractivity contribution in [2.24, 2.45) is 0 Å². The van der Waals surface area contributed by atoms with E-state index < -0.39 is 5.41 Å². The highest BCUT2D eigenvalue weighted by atomic mass is 79.9. The lowest BCUT2D eigenvalue weighted by Crippen LogP contribution is -2.31. The Kier molecular flexibility index (Phi) is 4.39. The van der Waals surface area contributed by atoms with E-state index in [9.17, 15) is 4.79 Å². The number of carbonyl (C=O) groups excluding carboxylic acids is 1. The average molecular weight is 306 g/mol. The lowest BCUT2D eigenvalue weighted by atomic mass is 9.85. The zero-order valence-electron chi connectivity index (χ0n) is 9.51. The molecular weight excluding hydrogens is 291 g/mol.